The summed E-state index contributed by atoms with van der Waals surface area (Å²) in [5.74, 6) is 0.847. The van der Waals surface area contributed by atoms with Gasteiger partial charge in [-0.25, -0.2) is 4.79 Å². The number of rotatable bonds is 5. The monoisotopic (exact) mass is 364 g/mol. The Bertz CT molecular complexity index is 823. The van der Waals surface area contributed by atoms with E-state index in [0.717, 1.165) is 36.5 Å². The van der Waals surface area contributed by atoms with Crippen LogP contribution in [-0.2, 0) is 6.42 Å². The lowest BCUT2D eigenvalue weighted by atomic mass is 10.1. The first-order chi connectivity index (χ1) is 13.2. The maximum absolute atomic E-state index is 12.4. The summed E-state index contributed by atoms with van der Waals surface area (Å²) in [4.78, 5) is 16.5. The smallest absolute Gasteiger partial charge is 0.317 e. The lowest BCUT2D eigenvalue weighted by Gasteiger charge is -2.36. The maximum Gasteiger partial charge on any atom is 0.317 e. The van der Waals surface area contributed by atoms with Gasteiger partial charge in [0.1, 0.15) is 5.75 Å². The van der Waals surface area contributed by atoms with E-state index in [-0.39, 0.29) is 6.03 Å². The quantitative estimate of drug-likeness (QED) is 0.886. The van der Waals surface area contributed by atoms with Gasteiger partial charge in [-0.2, -0.15) is 5.26 Å². The summed E-state index contributed by atoms with van der Waals surface area (Å²) in [6.07, 6.45) is 0.733. The molecule has 0 bridgehead atoms. The predicted molar refractivity (Wildman–Crippen MR) is 105 cm³/mol. The molecule has 140 valence electrons. The fraction of sp³-hybridized carbons (Fsp3) is 0.333. The van der Waals surface area contributed by atoms with E-state index in [1.54, 1.807) is 13.2 Å². The molecule has 2 amide bonds. The molecule has 1 aliphatic rings. The van der Waals surface area contributed by atoms with Gasteiger partial charge in [-0.05, 0) is 36.2 Å². The molecule has 6 heteroatoms. The second-order valence-electron chi connectivity index (χ2n) is 6.43. The molecular weight excluding hydrogens is 340 g/mol. The number of hydrogen-bond acceptors (Lipinski definition) is 4. The van der Waals surface area contributed by atoms with Crippen LogP contribution < -0.4 is 15.0 Å². The van der Waals surface area contributed by atoms with E-state index < -0.39 is 0 Å². The molecule has 1 fully saturated rings. The molecule has 1 saturated heterocycles. The highest BCUT2D eigenvalue weighted by Crippen LogP contribution is 2.19. The Morgan fingerprint density at radius 1 is 1.15 bits per heavy atom. The van der Waals surface area contributed by atoms with E-state index in [4.69, 9.17) is 10.00 Å². The molecule has 0 radical (unpaired) electrons. The van der Waals surface area contributed by atoms with Crippen molar-refractivity contribution < 1.29 is 9.53 Å². The molecule has 0 saturated carbocycles. The number of para-hydroxylation sites is 1. The average Bonchev–Trinajstić information content (AvgIpc) is 2.74. The Labute approximate surface area is 160 Å². The lowest BCUT2D eigenvalue weighted by molar-refractivity contribution is 0.194. The molecule has 0 unspecified atom stereocenters. The molecule has 3 rings (SSSR count). The van der Waals surface area contributed by atoms with Crippen molar-refractivity contribution in [3.8, 4) is 11.8 Å². The topological polar surface area (TPSA) is 68.6 Å². The van der Waals surface area contributed by atoms with Crippen molar-refractivity contribution in [3.05, 3.63) is 59.7 Å². The highest BCUT2D eigenvalue weighted by atomic mass is 16.5. The van der Waals surface area contributed by atoms with Crippen LogP contribution in [0.1, 0.15) is 11.1 Å². The molecule has 1 N–H and O–H groups in total. The number of piperazine rings is 1. The van der Waals surface area contributed by atoms with Gasteiger partial charge in [0.2, 0.25) is 0 Å². The minimum atomic E-state index is -0.0321. The van der Waals surface area contributed by atoms with Crippen LogP contribution in [-0.4, -0.2) is 50.8 Å². The molecule has 0 aliphatic carbocycles. The largest absolute Gasteiger partial charge is 0.496 e. The summed E-state index contributed by atoms with van der Waals surface area (Å²) in [6.45, 7) is 3.42. The number of benzene rings is 2. The van der Waals surface area contributed by atoms with Crippen LogP contribution >= 0.6 is 0 Å². The molecular formula is C21H24N4O2. The SMILES string of the molecule is COc1ccccc1CCNC(=O)N1CCN(c2cccc(C#N)c2)CC1. The number of ether oxygens (including phenoxy) is 1. The van der Waals surface area contributed by atoms with Crippen molar-refractivity contribution in [2.45, 2.75) is 6.42 Å². The minimum absolute atomic E-state index is 0.0321. The summed E-state index contributed by atoms with van der Waals surface area (Å²) in [5.41, 5.74) is 2.77. The summed E-state index contributed by atoms with van der Waals surface area (Å²) in [6, 6.07) is 17.6. The highest BCUT2D eigenvalue weighted by Gasteiger charge is 2.21. The van der Waals surface area contributed by atoms with E-state index in [1.807, 2.05) is 47.4 Å². The van der Waals surface area contributed by atoms with Crippen molar-refractivity contribution >= 4 is 11.7 Å². The number of anilines is 1. The number of hydrogen-bond donors (Lipinski definition) is 1. The number of urea groups is 1. The first-order valence-corrected chi connectivity index (χ1v) is 9.11. The van der Waals surface area contributed by atoms with E-state index in [1.165, 1.54) is 0 Å². The zero-order valence-electron chi connectivity index (χ0n) is 15.5. The average molecular weight is 364 g/mol. The number of carbonyl (C=O) groups is 1. The molecule has 2 aromatic rings. The minimum Gasteiger partial charge on any atom is -0.496 e. The van der Waals surface area contributed by atoms with Crippen molar-refractivity contribution in [3.63, 3.8) is 0 Å². The van der Waals surface area contributed by atoms with Crippen molar-refractivity contribution in [2.75, 3.05) is 44.7 Å². The third-order valence-corrected chi connectivity index (χ3v) is 4.77. The van der Waals surface area contributed by atoms with Crippen molar-refractivity contribution in [2.24, 2.45) is 0 Å². The zero-order valence-corrected chi connectivity index (χ0v) is 15.5. The summed E-state index contributed by atoms with van der Waals surface area (Å²) in [7, 11) is 1.66. The lowest BCUT2D eigenvalue weighted by Crippen LogP contribution is -2.52. The third-order valence-electron chi connectivity index (χ3n) is 4.77. The Balaban J connectivity index is 1.46. The molecule has 1 heterocycles. The van der Waals surface area contributed by atoms with Gasteiger partial charge in [-0.15, -0.1) is 0 Å². The summed E-state index contributed by atoms with van der Waals surface area (Å²) >= 11 is 0. The number of amides is 2. The third kappa shape index (κ3) is 4.70. The fourth-order valence-corrected chi connectivity index (χ4v) is 3.27. The molecule has 0 spiro atoms. The first kappa shape index (κ1) is 18.6. The van der Waals surface area contributed by atoms with E-state index in [9.17, 15) is 4.79 Å². The number of methoxy groups -OCH3 is 1. The van der Waals surface area contributed by atoms with Crippen LogP contribution in [0.5, 0.6) is 5.75 Å². The van der Waals surface area contributed by atoms with Gasteiger partial charge in [0.05, 0.1) is 18.7 Å². The Morgan fingerprint density at radius 2 is 1.93 bits per heavy atom. The van der Waals surface area contributed by atoms with Gasteiger partial charge in [0.25, 0.3) is 0 Å². The normalized spacial score (nSPS) is 13.8. The van der Waals surface area contributed by atoms with Crippen LogP contribution in [0.4, 0.5) is 10.5 Å². The van der Waals surface area contributed by atoms with Crippen LogP contribution in [0.3, 0.4) is 0 Å². The first-order valence-electron chi connectivity index (χ1n) is 9.11. The van der Waals surface area contributed by atoms with Gasteiger partial charge in [-0.3, -0.25) is 0 Å². The molecule has 0 aromatic heterocycles. The molecule has 1 aliphatic heterocycles. The second kappa shape index (κ2) is 8.95. The zero-order chi connectivity index (χ0) is 19.1. The molecule has 0 atom stereocenters. The van der Waals surface area contributed by atoms with Crippen LogP contribution in [0.15, 0.2) is 48.5 Å². The van der Waals surface area contributed by atoms with Gasteiger partial charge in [0, 0.05) is 38.4 Å². The standard InChI is InChI=1S/C21H24N4O2/c1-27-20-8-3-2-6-18(20)9-10-23-21(26)25-13-11-24(12-14-25)19-7-4-5-17(15-19)16-22/h2-8,15H,9-14H2,1H3,(H,23,26). The van der Waals surface area contributed by atoms with Gasteiger partial charge in [-0.1, -0.05) is 24.3 Å². The fourth-order valence-electron chi connectivity index (χ4n) is 3.27. The summed E-state index contributed by atoms with van der Waals surface area (Å²) < 4.78 is 5.34. The van der Waals surface area contributed by atoms with Crippen LogP contribution in [0, 0.1) is 11.3 Å². The van der Waals surface area contributed by atoms with E-state index >= 15 is 0 Å². The molecule has 27 heavy (non-hydrogen) atoms. The Morgan fingerprint density at radius 3 is 2.67 bits per heavy atom. The van der Waals surface area contributed by atoms with Crippen LogP contribution in [0.25, 0.3) is 0 Å². The Hall–Kier alpha value is -3.20. The Kier molecular flexibility index (Phi) is 6.16. The number of carbonyl (C=O) groups excluding carboxylic acids is 1. The number of nitriles is 1. The molecule has 2 aromatic carbocycles. The van der Waals surface area contributed by atoms with Crippen molar-refractivity contribution in [1.82, 2.24) is 10.2 Å². The predicted octanol–water partition coefficient (Wildman–Crippen LogP) is 2.64. The second-order valence-corrected chi connectivity index (χ2v) is 6.43. The van der Waals surface area contributed by atoms with Gasteiger partial charge < -0.3 is 19.9 Å². The van der Waals surface area contributed by atoms with E-state index in [2.05, 4.69) is 16.3 Å². The van der Waals surface area contributed by atoms with E-state index in [0.29, 0.717) is 25.2 Å². The van der Waals surface area contributed by atoms with Crippen LogP contribution in [0.2, 0.25) is 0 Å². The maximum atomic E-state index is 12.4. The van der Waals surface area contributed by atoms with Gasteiger partial charge in [0.15, 0.2) is 0 Å². The number of nitrogens with one attached hydrogen (secondary N) is 1. The molecule has 6 nitrogen and oxygen atoms in total. The summed E-state index contributed by atoms with van der Waals surface area (Å²) in [5, 5.41) is 12.0. The highest BCUT2D eigenvalue weighted by molar-refractivity contribution is 5.74. The van der Waals surface area contributed by atoms with Crippen molar-refractivity contribution in [1.29, 1.82) is 5.26 Å². The van der Waals surface area contributed by atoms with Gasteiger partial charge >= 0.3 is 6.03 Å². The number of nitrogens with zero attached hydrogens (tertiary/aromatic N) is 3.